The standard InChI is InChI=1S/C20H12F3N5O2S2/c21-20(22,23)30-10-5-3-9(4-6-10)27-18(29)16-15(25)14-13(12-2-1-7-31-12)11(8-24)17(26)28-19(14)32-16/h1-7H,25H2,(H2,26,28)(H,27,29). The molecule has 0 aliphatic heterocycles. The molecule has 0 unspecified atom stereocenters. The molecule has 0 aliphatic rings. The maximum atomic E-state index is 12.8. The summed E-state index contributed by atoms with van der Waals surface area (Å²) in [7, 11) is 0. The minimum Gasteiger partial charge on any atom is -0.406 e. The Morgan fingerprint density at radius 3 is 2.50 bits per heavy atom. The number of nitriles is 1. The lowest BCUT2D eigenvalue weighted by atomic mass is 10.0. The van der Waals surface area contributed by atoms with E-state index in [0.29, 0.717) is 15.8 Å². The van der Waals surface area contributed by atoms with Gasteiger partial charge in [-0.05, 0) is 35.7 Å². The molecule has 0 atom stereocenters. The monoisotopic (exact) mass is 475 g/mol. The van der Waals surface area contributed by atoms with Crippen LogP contribution in [0.15, 0.2) is 41.8 Å². The quantitative estimate of drug-likeness (QED) is 0.372. The van der Waals surface area contributed by atoms with Gasteiger partial charge in [-0.25, -0.2) is 4.98 Å². The number of rotatable bonds is 4. The van der Waals surface area contributed by atoms with Gasteiger partial charge in [0.15, 0.2) is 0 Å². The Bertz CT molecular complexity index is 1360. The lowest BCUT2D eigenvalue weighted by molar-refractivity contribution is -0.274. The highest BCUT2D eigenvalue weighted by atomic mass is 32.1. The van der Waals surface area contributed by atoms with Gasteiger partial charge in [-0.3, -0.25) is 4.79 Å². The molecule has 1 aromatic carbocycles. The summed E-state index contributed by atoms with van der Waals surface area (Å²) in [6, 6.07) is 10.4. The fraction of sp³-hybridized carbons (Fsp3) is 0.0500. The third kappa shape index (κ3) is 4.03. The first-order valence-electron chi connectivity index (χ1n) is 8.80. The van der Waals surface area contributed by atoms with Crippen LogP contribution in [-0.2, 0) is 0 Å². The summed E-state index contributed by atoms with van der Waals surface area (Å²) in [5.74, 6) is -0.970. The van der Waals surface area contributed by atoms with Gasteiger partial charge in [0, 0.05) is 21.5 Å². The summed E-state index contributed by atoms with van der Waals surface area (Å²) >= 11 is 2.39. The van der Waals surface area contributed by atoms with Crippen molar-refractivity contribution < 1.29 is 22.7 Å². The van der Waals surface area contributed by atoms with Crippen molar-refractivity contribution in [3.05, 3.63) is 52.2 Å². The number of nitrogens with two attached hydrogens (primary N) is 2. The number of anilines is 3. The van der Waals surface area contributed by atoms with Gasteiger partial charge in [-0.2, -0.15) is 5.26 Å². The molecule has 0 saturated carbocycles. The molecule has 0 fully saturated rings. The predicted octanol–water partition coefficient (Wildman–Crippen LogP) is 5.21. The Labute approximate surface area is 186 Å². The molecule has 0 bridgehead atoms. The van der Waals surface area contributed by atoms with Crippen molar-refractivity contribution in [3.63, 3.8) is 0 Å². The second kappa shape index (κ2) is 8.03. The van der Waals surface area contributed by atoms with Gasteiger partial charge in [0.1, 0.15) is 32.9 Å². The van der Waals surface area contributed by atoms with Crippen molar-refractivity contribution in [3.8, 4) is 22.3 Å². The smallest absolute Gasteiger partial charge is 0.406 e. The lowest BCUT2D eigenvalue weighted by Crippen LogP contribution is -2.17. The number of halogens is 3. The number of nitrogen functional groups attached to an aromatic ring is 2. The average Bonchev–Trinajstić information content (AvgIpc) is 3.36. The first-order valence-corrected chi connectivity index (χ1v) is 10.5. The molecule has 0 saturated heterocycles. The third-order valence-corrected chi connectivity index (χ3v) is 6.32. The minimum absolute atomic E-state index is 0.0249. The van der Waals surface area contributed by atoms with Crippen molar-refractivity contribution in [1.82, 2.24) is 4.98 Å². The number of amides is 1. The Morgan fingerprint density at radius 2 is 1.91 bits per heavy atom. The number of hydrogen-bond acceptors (Lipinski definition) is 8. The van der Waals surface area contributed by atoms with E-state index in [9.17, 15) is 23.2 Å². The van der Waals surface area contributed by atoms with Crippen molar-refractivity contribution in [2.24, 2.45) is 0 Å². The number of thiophene rings is 2. The topological polar surface area (TPSA) is 127 Å². The van der Waals surface area contributed by atoms with Crippen LogP contribution in [0, 0.1) is 11.3 Å². The van der Waals surface area contributed by atoms with Crippen LogP contribution in [0.25, 0.3) is 20.7 Å². The second-order valence-electron chi connectivity index (χ2n) is 6.39. The van der Waals surface area contributed by atoms with E-state index in [0.717, 1.165) is 28.3 Å². The highest BCUT2D eigenvalue weighted by Gasteiger charge is 2.31. The summed E-state index contributed by atoms with van der Waals surface area (Å²) < 4.78 is 40.7. The van der Waals surface area contributed by atoms with Gasteiger partial charge in [0.25, 0.3) is 5.91 Å². The van der Waals surface area contributed by atoms with Crippen LogP contribution in [0.3, 0.4) is 0 Å². The van der Waals surface area contributed by atoms with Crippen molar-refractivity contribution >= 4 is 56.0 Å². The SMILES string of the molecule is N#Cc1c(N)nc2sc(C(=O)Nc3ccc(OC(F)(F)F)cc3)c(N)c2c1-c1cccs1. The van der Waals surface area contributed by atoms with Crippen molar-refractivity contribution in [2.45, 2.75) is 6.36 Å². The van der Waals surface area contributed by atoms with Gasteiger partial charge in [0.2, 0.25) is 0 Å². The number of nitrogens with one attached hydrogen (secondary N) is 1. The minimum atomic E-state index is -4.81. The second-order valence-corrected chi connectivity index (χ2v) is 8.33. The van der Waals surface area contributed by atoms with Crippen LogP contribution in [0.4, 0.5) is 30.4 Å². The fourth-order valence-electron chi connectivity index (χ4n) is 3.05. The molecule has 4 aromatic rings. The molecule has 1 amide bonds. The van der Waals surface area contributed by atoms with E-state index in [-0.39, 0.29) is 27.6 Å². The summed E-state index contributed by atoms with van der Waals surface area (Å²) in [5.41, 5.74) is 13.3. The molecular weight excluding hydrogens is 463 g/mol. The zero-order valence-electron chi connectivity index (χ0n) is 15.9. The van der Waals surface area contributed by atoms with E-state index in [1.807, 2.05) is 17.5 Å². The van der Waals surface area contributed by atoms with Gasteiger partial charge < -0.3 is 21.5 Å². The molecule has 3 heterocycles. The van der Waals surface area contributed by atoms with Crippen LogP contribution in [-0.4, -0.2) is 17.3 Å². The van der Waals surface area contributed by atoms with Gasteiger partial charge in [-0.1, -0.05) is 6.07 Å². The van der Waals surface area contributed by atoms with Crippen molar-refractivity contribution in [1.29, 1.82) is 5.26 Å². The zero-order chi connectivity index (χ0) is 23.0. The van der Waals surface area contributed by atoms with Gasteiger partial charge in [0.05, 0.1) is 5.69 Å². The average molecular weight is 475 g/mol. The molecular formula is C20H12F3N5O2S2. The van der Waals surface area contributed by atoms with E-state index in [1.165, 1.54) is 23.5 Å². The number of carbonyl (C=O) groups excluding carboxylic acids is 1. The predicted molar refractivity (Wildman–Crippen MR) is 118 cm³/mol. The maximum Gasteiger partial charge on any atom is 0.573 e. The van der Waals surface area contributed by atoms with Crippen molar-refractivity contribution in [2.75, 3.05) is 16.8 Å². The lowest BCUT2D eigenvalue weighted by Gasteiger charge is -2.10. The summed E-state index contributed by atoms with van der Waals surface area (Å²) in [6.07, 6.45) is -4.81. The summed E-state index contributed by atoms with van der Waals surface area (Å²) in [5, 5.41) is 14.5. The molecule has 4 rings (SSSR count). The Hall–Kier alpha value is -3.82. The number of pyridine rings is 1. The number of fused-ring (bicyclic) bond motifs is 1. The number of benzene rings is 1. The molecule has 0 radical (unpaired) electrons. The van der Waals surface area contributed by atoms with E-state index < -0.39 is 18.0 Å². The highest BCUT2D eigenvalue weighted by molar-refractivity contribution is 7.21. The largest absolute Gasteiger partial charge is 0.573 e. The highest BCUT2D eigenvalue weighted by Crippen LogP contribution is 2.44. The van der Waals surface area contributed by atoms with Gasteiger partial charge in [-0.15, -0.1) is 35.8 Å². The number of hydrogen-bond donors (Lipinski definition) is 3. The van der Waals surface area contributed by atoms with Gasteiger partial charge >= 0.3 is 6.36 Å². The van der Waals surface area contributed by atoms with E-state index in [1.54, 1.807) is 6.07 Å². The van der Waals surface area contributed by atoms with Crippen LogP contribution in [0.5, 0.6) is 5.75 Å². The van der Waals surface area contributed by atoms with E-state index in [2.05, 4.69) is 15.0 Å². The molecule has 162 valence electrons. The number of aromatic nitrogens is 1. The third-order valence-electron chi connectivity index (χ3n) is 4.34. The van der Waals surface area contributed by atoms with Crippen LogP contribution >= 0.6 is 22.7 Å². The Kier molecular flexibility index (Phi) is 5.37. The normalized spacial score (nSPS) is 11.3. The van der Waals surface area contributed by atoms with E-state index >= 15 is 0 Å². The molecule has 7 nitrogen and oxygen atoms in total. The Morgan fingerprint density at radius 1 is 1.19 bits per heavy atom. The van der Waals surface area contributed by atoms with Crippen LogP contribution in [0.1, 0.15) is 15.2 Å². The summed E-state index contributed by atoms with van der Waals surface area (Å²) in [6.45, 7) is 0. The fourth-order valence-corrected chi connectivity index (χ4v) is 4.84. The molecule has 3 aromatic heterocycles. The van der Waals surface area contributed by atoms with Crippen LogP contribution in [0.2, 0.25) is 0 Å². The number of nitrogens with zero attached hydrogens (tertiary/aromatic N) is 2. The number of ether oxygens (including phenoxy) is 1. The molecule has 5 N–H and O–H groups in total. The summed E-state index contributed by atoms with van der Waals surface area (Å²) in [4.78, 5) is 18.3. The Balaban J connectivity index is 1.71. The zero-order valence-corrected chi connectivity index (χ0v) is 17.5. The molecule has 12 heteroatoms. The van der Waals surface area contributed by atoms with E-state index in [4.69, 9.17) is 11.5 Å². The molecule has 32 heavy (non-hydrogen) atoms. The molecule has 0 aliphatic carbocycles. The molecule has 0 spiro atoms. The number of carbonyl (C=O) groups is 1. The first-order chi connectivity index (χ1) is 15.2. The number of alkyl halides is 3. The maximum absolute atomic E-state index is 12.8. The van der Waals surface area contributed by atoms with Crippen LogP contribution < -0.4 is 21.5 Å². The first kappa shape index (κ1) is 21.4.